The zero-order valence-corrected chi connectivity index (χ0v) is 20.9. The van der Waals surface area contributed by atoms with Crippen LogP contribution in [-0.2, 0) is 10.1 Å². The third-order valence-electron chi connectivity index (χ3n) is 4.30. The minimum atomic E-state index is -4.08. The Morgan fingerprint density at radius 1 is 1.15 bits per heavy atom. The van der Waals surface area contributed by atoms with Crippen molar-refractivity contribution in [3.05, 3.63) is 86.8 Å². The molecule has 0 radical (unpaired) electrons. The summed E-state index contributed by atoms with van der Waals surface area (Å²) in [6.45, 7) is 3.90. The van der Waals surface area contributed by atoms with E-state index in [1.54, 1.807) is 49.4 Å². The summed E-state index contributed by atoms with van der Waals surface area (Å²) >= 11 is 9.24. The highest BCUT2D eigenvalue weighted by molar-refractivity contribution is 9.10. The number of amides is 1. The summed E-state index contributed by atoms with van der Waals surface area (Å²) in [6.07, 6.45) is 1.40. The average Bonchev–Trinajstić information content (AvgIpc) is 2.76. The quantitative estimate of drug-likeness (QED) is 0.232. The van der Waals surface area contributed by atoms with Crippen molar-refractivity contribution in [1.29, 1.82) is 0 Å². The number of hydrazone groups is 1. The summed E-state index contributed by atoms with van der Waals surface area (Å²) in [5, 5.41) is 4.38. The van der Waals surface area contributed by atoms with Gasteiger partial charge in [-0.15, -0.1) is 0 Å². The van der Waals surface area contributed by atoms with Crippen molar-refractivity contribution in [3.63, 3.8) is 0 Å². The minimum Gasteiger partial charge on any atom is -0.490 e. The molecule has 3 aromatic carbocycles. The number of benzene rings is 3. The molecular weight excluding hydrogens is 532 g/mol. The lowest BCUT2D eigenvalue weighted by molar-refractivity contribution is 0.0955. The fraction of sp³-hybridized carbons (Fsp3) is 0.130. The Balaban J connectivity index is 1.82. The molecular formula is C23H20BrClN2O5S. The molecule has 0 atom stereocenters. The lowest BCUT2D eigenvalue weighted by Gasteiger charge is -2.14. The predicted molar refractivity (Wildman–Crippen MR) is 131 cm³/mol. The van der Waals surface area contributed by atoms with Crippen molar-refractivity contribution in [2.24, 2.45) is 5.10 Å². The molecule has 0 aromatic heterocycles. The number of ether oxygens (including phenoxy) is 1. The number of nitrogens with zero attached hydrogens (tertiary/aromatic N) is 1. The van der Waals surface area contributed by atoms with Gasteiger partial charge in [-0.3, -0.25) is 4.79 Å². The Hall–Kier alpha value is -2.88. The topological polar surface area (TPSA) is 94.1 Å². The molecule has 33 heavy (non-hydrogen) atoms. The molecule has 1 amide bonds. The van der Waals surface area contributed by atoms with Gasteiger partial charge in [-0.05, 0) is 77.8 Å². The molecule has 0 aliphatic heterocycles. The molecule has 10 heteroatoms. The highest BCUT2D eigenvalue weighted by Crippen LogP contribution is 2.38. The number of carbonyl (C=O) groups excluding carboxylic acids is 1. The highest BCUT2D eigenvalue weighted by atomic mass is 79.9. The molecule has 0 saturated heterocycles. The van der Waals surface area contributed by atoms with Crippen LogP contribution in [0.1, 0.15) is 28.4 Å². The highest BCUT2D eigenvalue weighted by Gasteiger charge is 2.22. The number of hydrogen-bond donors (Lipinski definition) is 1. The Labute approximate surface area is 205 Å². The molecule has 0 heterocycles. The zero-order chi connectivity index (χ0) is 24.0. The maximum absolute atomic E-state index is 12.7. The Kier molecular flexibility index (Phi) is 8.12. The van der Waals surface area contributed by atoms with Gasteiger partial charge in [0.1, 0.15) is 4.90 Å². The van der Waals surface area contributed by atoms with Crippen molar-refractivity contribution in [3.8, 4) is 11.5 Å². The molecule has 1 N–H and O–H groups in total. The van der Waals surface area contributed by atoms with Crippen LogP contribution in [-0.4, -0.2) is 27.1 Å². The van der Waals surface area contributed by atoms with Crippen LogP contribution in [0.15, 0.2) is 75.1 Å². The first-order chi connectivity index (χ1) is 15.7. The Bertz CT molecular complexity index is 1290. The molecule has 3 aromatic rings. The van der Waals surface area contributed by atoms with Gasteiger partial charge in [-0.25, -0.2) is 5.43 Å². The van der Waals surface area contributed by atoms with Crippen molar-refractivity contribution in [1.82, 2.24) is 5.43 Å². The number of hydrogen-bond acceptors (Lipinski definition) is 6. The number of rotatable bonds is 8. The molecule has 172 valence electrons. The van der Waals surface area contributed by atoms with Gasteiger partial charge >= 0.3 is 10.1 Å². The monoisotopic (exact) mass is 550 g/mol. The van der Waals surface area contributed by atoms with E-state index in [0.29, 0.717) is 20.6 Å². The van der Waals surface area contributed by atoms with Crippen LogP contribution in [0.25, 0.3) is 0 Å². The lowest BCUT2D eigenvalue weighted by atomic mass is 10.2. The van der Waals surface area contributed by atoms with E-state index in [9.17, 15) is 13.2 Å². The number of carbonyl (C=O) groups is 1. The summed E-state index contributed by atoms with van der Waals surface area (Å²) < 4.78 is 36.8. The number of nitrogens with one attached hydrogen (secondary N) is 1. The van der Waals surface area contributed by atoms with Crippen molar-refractivity contribution >= 4 is 49.8 Å². The van der Waals surface area contributed by atoms with Crippen molar-refractivity contribution in [2.45, 2.75) is 18.7 Å². The number of aryl methyl sites for hydroxylation is 1. The average molecular weight is 552 g/mol. The predicted octanol–water partition coefficient (Wildman–Crippen LogP) is 5.34. The second-order valence-electron chi connectivity index (χ2n) is 6.82. The molecule has 7 nitrogen and oxygen atoms in total. The second-order valence-corrected chi connectivity index (χ2v) is 9.66. The van der Waals surface area contributed by atoms with E-state index in [1.165, 1.54) is 24.4 Å². The fourth-order valence-corrected chi connectivity index (χ4v) is 4.52. The van der Waals surface area contributed by atoms with Gasteiger partial charge in [-0.2, -0.15) is 13.5 Å². The van der Waals surface area contributed by atoms with Crippen LogP contribution in [0.3, 0.4) is 0 Å². The van der Waals surface area contributed by atoms with E-state index in [1.807, 2.05) is 6.92 Å². The molecule has 0 spiro atoms. The SMILES string of the molecule is CCOc1cc(/C=N/NC(=O)c2cccc(Cl)c2)cc(Br)c1OS(=O)(=O)c1ccc(C)cc1. The zero-order valence-electron chi connectivity index (χ0n) is 17.7. The molecule has 0 bridgehead atoms. The largest absolute Gasteiger partial charge is 0.490 e. The third-order valence-corrected chi connectivity index (χ3v) is 6.36. The second kappa shape index (κ2) is 10.8. The summed E-state index contributed by atoms with van der Waals surface area (Å²) in [4.78, 5) is 12.2. The summed E-state index contributed by atoms with van der Waals surface area (Å²) in [5.41, 5.74) is 4.24. The normalized spacial score (nSPS) is 11.4. The Morgan fingerprint density at radius 2 is 1.88 bits per heavy atom. The lowest BCUT2D eigenvalue weighted by Crippen LogP contribution is -2.17. The molecule has 0 unspecified atom stereocenters. The van der Waals surface area contributed by atoms with E-state index in [2.05, 4.69) is 26.5 Å². The summed E-state index contributed by atoms with van der Waals surface area (Å²) in [5.74, 6) is -0.218. The maximum Gasteiger partial charge on any atom is 0.339 e. The third kappa shape index (κ3) is 6.56. The molecule has 0 aliphatic rings. The first kappa shape index (κ1) is 24.8. The van der Waals surface area contributed by atoms with Gasteiger partial charge in [0.2, 0.25) is 0 Å². The fourth-order valence-electron chi connectivity index (χ4n) is 2.73. The van der Waals surface area contributed by atoms with Gasteiger partial charge in [0, 0.05) is 10.6 Å². The smallest absolute Gasteiger partial charge is 0.339 e. The standard InChI is InChI=1S/C23H20BrClN2O5S/c1-3-31-21-12-16(14-26-27-23(28)17-5-4-6-18(25)13-17)11-20(24)22(21)32-33(29,30)19-9-7-15(2)8-10-19/h4-14H,3H2,1-2H3,(H,27,28)/b26-14+. The first-order valence-corrected chi connectivity index (χ1v) is 12.3. The molecule has 0 aliphatic carbocycles. The van der Waals surface area contributed by atoms with Crippen LogP contribution in [0.2, 0.25) is 5.02 Å². The van der Waals surface area contributed by atoms with Crippen molar-refractivity contribution < 1.29 is 22.1 Å². The van der Waals surface area contributed by atoms with Gasteiger partial charge < -0.3 is 8.92 Å². The van der Waals surface area contributed by atoms with E-state index in [-0.39, 0.29) is 23.0 Å². The molecule has 0 saturated carbocycles. The van der Waals surface area contributed by atoms with Gasteiger partial charge in [0.15, 0.2) is 11.5 Å². The van der Waals surface area contributed by atoms with E-state index in [4.69, 9.17) is 20.5 Å². The van der Waals surface area contributed by atoms with Gasteiger partial charge in [0.25, 0.3) is 5.91 Å². The summed E-state index contributed by atoms with van der Waals surface area (Å²) in [6, 6.07) is 15.9. The van der Waals surface area contributed by atoms with Crippen LogP contribution in [0, 0.1) is 6.92 Å². The van der Waals surface area contributed by atoms with E-state index < -0.39 is 16.0 Å². The van der Waals surface area contributed by atoms with Crippen LogP contribution in [0.4, 0.5) is 0 Å². The van der Waals surface area contributed by atoms with Crippen molar-refractivity contribution in [2.75, 3.05) is 6.61 Å². The van der Waals surface area contributed by atoms with Crippen LogP contribution >= 0.6 is 27.5 Å². The minimum absolute atomic E-state index is 0.0116. The molecule has 3 rings (SSSR count). The van der Waals surface area contributed by atoms with Crippen LogP contribution < -0.4 is 14.3 Å². The van der Waals surface area contributed by atoms with Gasteiger partial charge in [0.05, 0.1) is 17.3 Å². The first-order valence-electron chi connectivity index (χ1n) is 9.76. The summed E-state index contributed by atoms with van der Waals surface area (Å²) in [7, 11) is -4.08. The Morgan fingerprint density at radius 3 is 2.55 bits per heavy atom. The van der Waals surface area contributed by atoms with E-state index in [0.717, 1.165) is 5.56 Å². The molecule has 0 fully saturated rings. The van der Waals surface area contributed by atoms with E-state index >= 15 is 0 Å². The number of halogens is 2. The van der Waals surface area contributed by atoms with Crippen LogP contribution in [0.5, 0.6) is 11.5 Å². The van der Waals surface area contributed by atoms with Gasteiger partial charge in [-0.1, -0.05) is 35.4 Å². The maximum atomic E-state index is 12.7.